The summed E-state index contributed by atoms with van der Waals surface area (Å²) in [5, 5.41) is 0. The van der Waals surface area contributed by atoms with Crippen molar-refractivity contribution in [1.29, 1.82) is 0 Å². The molecule has 0 aromatic heterocycles. The summed E-state index contributed by atoms with van der Waals surface area (Å²) in [5.41, 5.74) is 7.09. The Bertz CT molecular complexity index is 458. The van der Waals surface area contributed by atoms with Gasteiger partial charge in [0.05, 0.1) is 25.4 Å². The van der Waals surface area contributed by atoms with E-state index in [0.29, 0.717) is 17.9 Å². The van der Waals surface area contributed by atoms with Gasteiger partial charge in [-0.2, -0.15) is 0 Å². The van der Waals surface area contributed by atoms with E-state index < -0.39 is 0 Å². The molecule has 0 amide bonds. The van der Waals surface area contributed by atoms with Gasteiger partial charge in [0.1, 0.15) is 5.75 Å². The standard InChI is InChI=1S/C15H23N3O/c1-4-7-11(2)13-10-17-15(16)18(13)12-8-5-6-9-14(12)19-3/h5-6,8-9,11,13H,4,7,10H2,1-3H3,(H2,16,17). The number of rotatable bonds is 5. The van der Waals surface area contributed by atoms with Crippen LogP contribution in [0, 0.1) is 5.92 Å². The minimum atomic E-state index is 0.330. The van der Waals surface area contributed by atoms with E-state index in [0.717, 1.165) is 18.0 Å². The first kappa shape index (κ1) is 13.7. The molecule has 104 valence electrons. The molecule has 1 aliphatic heterocycles. The van der Waals surface area contributed by atoms with Crippen LogP contribution < -0.4 is 15.4 Å². The number of nitrogens with two attached hydrogens (primary N) is 1. The third-order valence-corrected chi connectivity index (χ3v) is 3.76. The lowest BCUT2D eigenvalue weighted by Crippen LogP contribution is -2.44. The molecular weight excluding hydrogens is 238 g/mol. The first-order valence-electron chi connectivity index (χ1n) is 6.91. The molecule has 4 heteroatoms. The maximum atomic E-state index is 6.08. The van der Waals surface area contributed by atoms with Crippen LogP contribution in [0.1, 0.15) is 26.7 Å². The Balaban J connectivity index is 2.31. The van der Waals surface area contributed by atoms with Crippen LogP contribution in [0.5, 0.6) is 5.75 Å². The molecule has 19 heavy (non-hydrogen) atoms. The van der Waals surface area contributed by atoms with Crippen molar-refractivity contribution in [1.82, 2.24) is 0 Å². The normalized spacial score (nSPS) is 20.3. The van der Waals surface area contributed by atoms with Gasteiger partial charge in [-0.3, -0.25) is 4.99 Å². The first-order chi connectivity index (χ1) is 9.19. The molecule has 1 aromatic rings. The Morgan fingerprint density at radius 1 is 1.47 bits per heavy atom. The van der Waals surface area contributed by atoms with Gasteiger partial charge >= 0.3 is 0 Å². The van der Waals surface area contributed by atoms with E-state index >= 15 is 0 Å². The summed E-state index contributed by atoms with van der Waals surface area (Å²) < 4.78 is 5.44. The van der Waals surface area contributed by atoms with Gasteiger partial charge in [-0.1, -0.05) is 32.4 Å². The number of nitrogens with zero attached hydrogens (tertiary/aromatic N) is 2. The lowest BCUT2D eigenvalue weighted by molar-refractivity contribution is 0.407. The van der Waals surface area contributed by atoms with E-state index in [1.165, 1.54) is 12.8 Å². The Hall–Kier alpha value is -1.71. The first-order valence-corrected chi connectivity index (χ1v) is 6.91. The molecule has 2 N–H and O–H groups in total. The van der Waals surface area contributed by atoms with E-state index in [1.54, 1.807) is 7.11 Å². The SMILES string of the molecule is CCCC(C)C1CN=C(N)N1c1ccccc1OC. The summed E-state index contributed by atoms with van der Waals surface area (Å²) in [6, 6.07) is 8.30. The number of anilines is 1. The topological polar surface area (TPSA) is 50.8 Å². The molecule has 0 saturated heterocycles. The highest BCUT2D eigenvalue weighted by molar-refractivity contribution is 5.98. The lowest BCUT2D eigenvalue weighted by atomic mass is 9.96. The van der Waals surface area contributed by atoms with Crippen molar-refractivity contribution in [2.75, 3.05) is 18.6 Å². The second-order valence-electron chi connectivity index (χ2n) is 5.07. The minimum absolute atomic E-state index is 0.330. The average Bonchev–Trinajstić information content (AvgIpc) is 2.81. The Morgan fingerprint density at radius 3 is 2.89 bits per heavy atom. The predicted octanol–water partition coefficient (Wildman–Crippen LogP) is 2.63. The maximum Gasteiger partial charge on any atom is 0.196 e. The molecule has 0 saturated carbocycles. The van der Waals surface area contributed by atoms with Crippen molar-refractivity contribution in [2.24, 2.45) is 16.6 Å². The summed E-state index contributed by atoms with van der Waals surface area (Å²) in [6.07, 6.45) is 2.36. The van der Waals surface area contributed by atoms with E-state index in [9.17, 15) is 0 Å². The van der Waals surface area contributed by atoms with Gasteiger partial charge < -0.3 is 15.4 Å². The zero-order valence-corrected chi connectivity index (χ0v) is 12.0. The summed E-state index contributed by atoms with van der Waals surface area (Å²) in [7, 11) is 1.69. The van der Waals surface area contributed by atoms with Crippen LogP contribution in [0.2, 0.25) is 0 Å². The summed E-state index contributed by atoms with van der Waals surface area (Å²) in [5.74, 6) is 1.99. The van der Waals surface area contributed by atoms with Crippen molar-refractivity contribution in [3.05, 3.63) is 24.3 Å². The zero-order valence-electron chi connectivity index (χ0n) is 12.0. The third-order valence-electron chi connectivity index (χ3n) is 3.76. The van der Waals surface area contributed by atoms with Crippen molar-refractivity contribution >= 4 is 11.6 Å². The zero-order chi connectivity index (χ0) is 13.8. The molecule has 2 unspecified atom stereocenters. The summed E-state index contributed by atoms with van der Waals surface area (Å²) >= 11 is 0. The fourth-order valence-electron chi connectivity index (χ4n) is 2.73. The van der Waals surface area contributed by atoms with Gasteiger partial charge in [0.2, 0.25) is 0 Å². The van der Waals surface area contributed by atoms with Crippen LogP contribution in [0.3, 0.4) is 0 Å². The van der Waals surface area contributed by atoms with Gasteiger partial charge in [0.25, 0.3) is 0 Å². The van der Waals surface area contributed by atoms with Crippen LogP contribution in [-0.2, 0) is 0 Å². The highest BCUT2D eigenvalue weighted by atomic mass is 16.5. The van der Waals surface area contributed by atoms with Gasteiger partial charge in [0, 0.05) is 0 Å². The van der Waals surface area contributed by atoms with Crippen LogP contribution in [-0.4, -0.2) is 25.7 Å². The van der Waals surface area contributed by atoms with E-state index in [2.05, 4.69) is 23.7 Å². The van der Waals surface area contributed by atoms with E-state index in [-0.39, 0.29) is 0 Å². The Kier molecular flexibility index (Phi) is 4.30. The van der Waals surface area contributed by atoms with Gasteiger partial charge in [-0.15, -0.1) is 0 Å². The molecule has 2 atom stereocenters. The van der Waals surface area contributed by atoms with Crippen LogP contribution in [0.4, 0.5) is 5.69 Å². The third kappa shape index (κ3) is 2.67. The van der Waals surface area contributed by atoms with Crippen LogP contribution in [0.15, 0.2) is 29.3 Å². The number of aliphatic imine (C=N–C) groups is 1. The molecule has 4 nitrogen and oxygen atoms in total. The predicted molar refractivity (Wildman–Crippen MR) is 79.8 cm³/mol. The van der Waals surface area contributed by atoms with Crippen LogP contribution >= 0.6 is 0 Å². The molecular formula is C15H23N3O. The largest absolute Gasteiger partial charge is 0.495 e. The number of ether oxygens (including phenoxy) is 1. The lowest BCUT2D eigenvalue weighted by Gasteiger charge is -2.31. The number of benzene rings is 1. The fraction of sp³-hybridized carbons (Fsp3) is 0.533. The number of guanidine groups is 1. The molecule has 0 aliphatic carbocycles. The number of para-hydroxylation sites is 2. The number of methoxy groups -OCH3 is 1. The van der Waals surface area contributed by atoms with Crippen LogP contribution in [0.25, 0.3) is 0 Å². The van der Waals surface area contributed by atoms with Crippen molar-refractivity contribution in [2.45, 2.75) is 32.7 Å². The Morgan fingerprint density at radius 2 is 2.21 bits per heavy atom. The van der Waals surface area contributed by atoms with E-state index in [1.807, 2.05) is 24.3 Å². The average molecular weight is 261 g/mol. The molecule has 2 rings (SSSR count). The molecule has 1 heterocycles. The second-order valence-corrected chi connectivity index (χ2v) is 5.07. The highest BCUT2D eigenvalue weighted by Crippen LogP contribution is 2.33. The summed E-state index contributed by atoms with van der Waals surface area (Å²) in [4.78, 5) is 6.54. The van der Waals surface area contributed by atoms with Crippen molar-refractivity contribution in [3.63, 3.8) is 0 Å². The van der Waals surface area contributed by atoms with E-state index in [4.69, 9.17) is 10.5 Å². The number of hydrogen-bond donors (Lipinski definition) is 1. The molecule has 0 bridgehead atoms. The van der Waals surface area contributed by atoms with Gasteiger partial charge in [-0.25, -0.2) is 0 Å². The maximum absolute atomic E-state index is 6.08. The Labute approximate surface area is 115 Å². The minimum Gasteiger partial charge on any atom is -0.495 e. The molecule has 0 fully saturated rings. The summed E-state index contributed by atoms with van der Waals surface area (Å²) in [6.45, 7) is 5.25. The molecule has 0 spiro atoms. The fourth-order valence-corrected chi connectivity index (χ4v) is 2.73. The monoisotopic (exact) mass is 261 g/mol. The van der Waals surface area contributed by atoms with Gasteiger partial charge in [-0.05, 0) is 24.5 Å². The van der Waals surface area contributed by atoms with Crippen molar-refractivity contribution < 1.29 is 4.74 Å². The molecule has 1 aromatic carbocycles. The molecule has 1 aliphatic rings. The highest BCUT2D eigenvalue weighted by Gasteiger charge is 2.32. The smallest absolute Gasteiger partial charge is 0.196 e. The molecule has 0 radical (unpaired) electrons. The van der Waals surface area contributed by atoms with Gasteiger partial charge in [0.15, 0.2) is 5.96 Å². The number of hydrogen-bond acceptors (Lipinski definition) is 4. The van der Waals surface area contributed by atoms with Crippen molar-refractivity contribution in [3.8, 4) is 5.75 Å². The quantitative estimate of drug-likeness (QED) is 0.886. The second kappa shape index (κ2) is 5.95.